The normalized spacial score (nSPS) is 13.9. The lowest BCUT2D eigenvalue weighted by Crippen LogP contribution is -2.31. The molecule has 0 unspecified atom stereocenters. The van der Waals surface area contributed by atoms with Crippen molar-refractivity contribution in [1.82, 2.24) is 15.1 Å². The number of hydrogen-bond donors (Lipinski definition) is 2. The second kappa shape index (κ2) is 5.05. The molecule has 0 saturated heterocycles. The van der Waals surface area contributed by atoms with E-state index in [2.05, 4.69) is 10.2 Å². The van der Waals surface area contributed by atoms with Crippen molar-refractivity contribution >= 4 is 17.5 Å². The molecule has 0 atom stereocenters. The second-order valence-corrected chi connectivity index (χ2v) is 5.16. The molecule has 3 rings (SSSR count). The molecule has 1 aliphatic heterocycles. The molecular weight excluding hydrogens is 268 g/mol. The standard InChI is InChI=1S/C15H16N4O2/c1-9-10(8-17-18-9)4-3-7-19-14(20)11-5-2-6-12(16)13(11)15(19)21/h2,5-6,8H,3-4,7,16H2,1H3,(H,17,18). The number of nitrogens with zero attached hydrogens (tertiary/aromatic N) is 2. The monoisotopic (exact) mass is 284 g/mol. The summed E-state index contributed by atoms with van der Waals surface area (Å²) in [5.74, 6) is -0.553. The van der Waals surface area contributed by atoms with Crippen molar-refractivity contribution < 1.29 is 9.59 Å². The van der Waals surface area contributed by atoms with Crippen molar-refractivity contribution in [2.24, 2.45) is 0 Å². The van der Waals surface area contributed by atoms with Crippen LogP contribution < -0.4 is 5.73 Å². The highest BCUT2D eigenvalue weighted by Gasteiger charge is 2.36. The number of nitrogens with two attached hydrogens (primary N) is 1. The first-order valence-corrected chi connectivity index (χ1v) is 6.83. The van der Waals surface area contributed by atoms with Gasteiger partial charge in [-0.1, -0.05) is 6.07 Å². The maximum absolute atomic E-state index is 12.3. The van der Waals surface area contributed by atoms with Gasteiger partial charge in [-0.2, -0.15) is 5.10 Å². The number of carbonyl (C=O) groups excluding carboxylic acids is 2. The van der Waals surface area contributed by atoms with E-state index in [0.29, 0.717) is 29.8 Å². The topological polar surface area (TPSA) is 92.1 Å². The van der Waals surface area contributed by atoms with Crippen molar-refractivity contribution in [3.05, 3.63) is 46.8 Å². The van der Waals surface area contributed by atoms with E-state index in [4.69, 9.17) is 5.73 Å². The fraction of sp³-hybridized carbons (Fsp3) is 0.267. The van der Waals surface area contributed by atoms with E-state index in [1.54, 1.807) is 24.4 Å². The third-order valence-electron chi connectivity index (χ3n) is 3.79. The molecule has 6 heteroatoms. The minimum atomic E-state index is -0.294. The highest BCUT2D eigenvalue weighted by molar-refractivity contribution is 6.23. The van der Waals surface area contributed by atoms with Crippen LogP contribution in [0.2, 0.25) is 0 Å². The van der Waals surface area contributed by atoms with Gasteiger partial charge in [0.25, 0.3) is 11.8 Å². The summed E-state index contributed by atoms with van der Waals surface area (Å²) in [5.41, 5.74) is 9.02. The summed E-state index contributed by atoms with van der Waals surface area (Å²) in [6.45, 7) is 2.33. The zero-order valence-electron chi connectivity index (χ0n) is 11.7. The van der Waals surface area contributed by atoms with Crippen LogP contribution in [0, 0.1) is 6.92 Å². The van der Waals surface area contributed by atoms with Gasteiger partial charge >= 0.3 is 0 Å². The molecular formula is C15H16N4O2. The number of hydrogen-bond acceptors (Lipinski definition) is 4. The Bertz CT molecular complexity index is 720. The van der Waals surface area contributed by atoms with Gasteiger partial charge in [-0.3, -0.25) is 19.6 Å². The number of H-pyrrole nitrogens is 1. The molecule has 2 amide bonds. The fourth-order valence-corrected chi connectivity index (χ4v) is 2.62. The lowest BCUT2D eigenvalue weighted by molar-refractivity contribution is 0.0653. The summed E-state index contributed by atoms with van der Waals surface area (Å²) >= 11 is 0. The molecule has 0 aliphatic carbocycles. The van der Waals surface area contributed by atoms with Crippen LogP contribution in [0.15, 0.2) is 24.4 Å². The van der Waals surface area contributed by atoms with Gasteiger partial charge in [-0.05, 0) is 37.5 Å². The predicted molar refractivity (Wildman–Crippen MR) is 77.9 cm³/mol. The van der Waals surface area contributed by atoms with Crippen molar-refractivity contribution in [3.63, 3.8) is 0 Å². The van der Waals surface area contributed by atoms with E-state index < -0.39 is 0 Å². The van der Waals surface area contributed by atoms with E-state index in [1.807, 2.05) is 6.92 Å². The number of nitrogen functional groups attached to an aromatic ring is 1. The van der Waals surface area contributed by atoms with E-state index in [1.165, 1.54) is 4.90 Å². The Labute approximate surface area is 121 Å². The molecule has 0 spiro atoms. The summed E-state index contributed by atoms with van der Waals surface area (Å²) < 4.78 is 0. The Morgan fingerprint density at radius 1 is 1.29 bits per heavy atom. The third-order valence-corrected chi connectivity index (χ3v) is 3.79. The average molecular weight is 284 g/mol. The van der Waals surface area contributed by atoms with Crippen LogP contribution >= 0.6 is 0 Å². The number of carbonyl (C=O) groups is 2. The minimum Gasteiger partial charge on any atom is -0.398 e. The summed E-state index contributed by atoms with van der Waals surface area (Å²) in [4.78, 5) is 25.8. The third kappa shape index (κ3) is 2.18. The number of amides is 2. The van der Waals surface area contributed by atoms with Gasteiger partial charge in [0.05, 0.1) is 17.3 Å². The van der Waals surface area contributed by atoms with Crippen LogP contribution in [0.3, 0.4) is 0 Å². The van der Waals surface area contributed by atoms with Crippen molar-refractivity contribution in [2.45, 2.75) is 19.8 Å². The molecule has 21 heavy (non-hydrogen) atoms. The number of imide groups is 1. The van der Waals surface area contributed by atoms with Crippen LogP contribution in [-0.4, -0.2) is 33.5 Å². The lowest BCUT2D eigenvalue weighted by atomic mass is 10.1. The Morgan fingerprint density at radius 3 is 2.76 bits per heavy atom. The number of anilines is 1. The Morgan fingerprint density at radius 2 is 2.10 bits per heavy atom. The van der Waals surface area contributed by atoms with Crippen LogP contribution in [0.5, 0.6) is 0 Å². The first kappa shape index (κ1) is 13.4. The average Bonchev–Trinajstić information content (AvgIpc) is 2.97. The van der Waals surface area contributed by atoms with Gasteiger partial charge in [-0.25, -0.2) is 0 Å². The van der Waals surface area contributed by atoms with Crippen LogP contribution in [0.4, 0.5) is 5.69 Å². The summed E-state index contributed by atoms with van der Waals surface area (Å²) in [5, 5.41) is 6.83. The molecule has 1 aromatic carbocycles. The van der Waals surface area contributed by atoms with E-state index in [0.717, 1.165) is 17.7 Å². The molecule has 0 radical (unpaired) electrons. The molecule has 0 saturated carbocycles. The molecule has 0 bridgehead atoms. The molecule has 1 aliphatic rings. The van der Waals surface area contributed by atoms with Crippen molar-refractivity contribution in [2.75, 3.05) is 12.3 Å². The smallest absolute Gasteiger partial charge is 0.263 e. The molecule has 108 valence electrons. The molecule has 2 heterocycles. The number of rotatable bonds is 4. The summed E-state index contributed by atoms with van der Waals surface area (Å²) in [6.07, 6.45) is 3.24. The van der Waals surface area contributed by atoms with Crippen LogP contribution in [-0.2, 0) is 6.42 Å². The Balaban J connectivity index is 1.71. The van der Waals surface area contributed by atoms with Gasteiger partial charge in [0.15, 0.2) is 0 Å². The van der Waals surface area contributed by atoms with Crippen LogP contribution in [0.1, 0.15) is 38.4 Å². The van der Waals surface area contributed by atoms with Crippen LogP contribution in [0.25, 0.3) is 0 Å². The second-order valence-electron chi connectivity index (χ2n) is 5.16. The van der Waals surface area contributed by atoms with Gasteiger partial charge in [0.2, 0.25) is 0 Å². The maximum atomic E-state index is 12.3. The van der Waals surface area contributed by atoms with E-state index in [-0.39, 0.29) is 11.8 Å². The van der Waals surface area contributed by atoms with Gasteiger partial charge in [-0.15, -0.1) is 0 Å². The molecule has 2 aromatic rings. The number of aromatic amines is 1. The number of aromatic nitrogens is 2. The Hall–Kier alpha value is -2.63. The first-order valence-electron chi connectivity index (χ1n) is 6.83. The largest absolute Gasteiger partial charge is 0.398 e. The molecule has 6 nitrogen and oxygen atoms in total. The minimum absolute atomic E-state index is 0.258. The Kier molecular flexibility index (Phi) is 3.21. The van der Waals surface area contributed by atoms with Gasteiger partial charge < -0.3 is 5.73 Å². The molecule has 3 N–H and O–H groups in total. The number of benzene rings is 1. The number of nitrogens with one attached hydrogen (secondary N) is 1. The summed E-state index contributed by atoms with van der Waals surface area (Å²) in [6, 6.07) is 4.98. The highest BCUT2D eigenvalue weighted by atomic mass is 16.2. The maximum Gasteiger partial charge on any atom is 0.263 e. The van der Waals surface area contributed by atoms with Crippen molar-refractivity contribution in [3.8, 4) is 0 Å². The SMILES string of the molecule is Cc1[nH]ncc1CCCN1C(=O)c2cccc(N)c2C1=O. The zero-order valence-corrected chi connectivity index (χ0v) is 11.7. The molecule has 0 fully saturated rings. The van der Waals surface area contributed by atoms with E-state index >= 15 is 0 Å². The summed E-state index contributed by atoms with van der Waals surface area (Å²) in [7, 11) is 0. The zero-order chi connectivity index (χ0) is 15.0. The highest BCUT2D eigenvalue weighted by Crippen LogP contribution is 2.27. The number of fused-ring (bicyclic) bond motifs is 1. The van der Waals surface area contributed by atoms with Gasteiger partial charge in [0, 0.05) is 17.9 Å². The lowest BCUT2D eigenvalue weighted by Gasteiger charge is -2.13. The van der Waals surface area contributed by atoms with E-state index in [9.17, 15) is 9.59 Å². The fourth-order valence-electron chi connectivity index (χ4n) is 2.62. The predicted octanol–water partition coefficient (Wildman–Crippen LogP) is 1.53. The van der Waals surface area contributed by atoms with Gasteiger partial charge in [0.1, 0.15) is 0 Å². The molecule has 1 aromatic heterocycles. The number of aryl methyl sites for hydroxylation is 2. The van der Waals surface area contributed by atoms with Crippen molar-refractivity contribution in [1.29, 1.82) is 0 Å². The quantitative estimate of drug-likeness (QED) is 0.658. The first-order chi connectivity index (χ1) is 10.1.